The first-order valence-corrected chi connectivity index (χ1v) is 8.61. The van der Waals surface area contributed by atoms with Crippen LogP contribution in [0.1, 0.15) is 0 Å². The smallest absolute Gasteiger partial charge is 0.243 e. The topological polar surface area (TPSA) is 78.5 Å². The van der Waals surface area contributed by atoms with Gasteiger partial charge in [0.15, 0.2) is 0 Å². The van der Waals surface area contributed by atoms with Crippen molar-refractivity contribution < 1.29 is 17.6 Å². The Morgan fingerprint density at radius 1 is 1.38 bits per heavy atom. The van der Waals surface area contributed by atoms with E-state index in [1.165, 1.54) is 6.07 Å². The Labute approximate surface area is 130 Å². The van der Waals surface area contributed by atoms with E-state index >= 15 is 0 Å². The van der Waals surface area contributed by atoms with Crippen LogP contribution in [0.5, 0.6) is 0 Å². The van der Waals surface area contributed by atoms with Crippen molar-refractivity contribution in [1.82, 2.24) is 14.9 Å². The van der Waals surface area contributed by atoms with Crippen molar-refractivity contribution in [1.29, 1.82) is 0 Å². The minimum absolute atomic E-state index is 0.322. The van der Waals surface area contributed by atoms with Gasteiger partial charge in [-0.05, 0) is 18.2 Å². The van der Waals surface area contributed by atoms with Gasteiger partial charge < -0.3 is 10.2 Å². The molecule has 1 saturated heterocycles. The van der Waals surface area contributed by atoms with E-state index in [9.17, 15) is 17.6 Å². The minimum atomic E-state index is -4.05. The molecule has 2 rings (SSSR count). The van der Waals surface area contributed by atoms with E-state index in [2.05, 4.69) is 26.0 Å². The van der Waals surface area contributed by atoms with Gasteiger partial charge in [0.25, 0.3) is 0 Å². The summed E-state index contributed by atoms with van der Waals surface area (Å²) in [5, 5.41) is 3.09. The lowest BCUT2D eigenvalue weighted by molar-refractivity contribution is -0.130. The van der Waals surface area contributed by atoms with Crippen LogP contribution in [0.4, 0.5) is 4.39 Å². The third-order valence-electron chi connectivity index (χ3n) is 3.07. The van der Waals surface area contributed by atoms with E-state index in [0.29, 0.717) is 30.7 Å². The summed E-state index contributed by atoms with van der Waals surface area (Å²) in [5.74, 6) is -1.19. The van der Waals surface area contributed by atoms with Crippen LogP contribution in [0.15, 0.2) is 27.6 Å². The second-order valence-corrected chi connectivity index (χ2v) is 7.18. The summed E-state index contributed by atoms with van der Waals surface area (Å²) in [6.07, 6.45) is 0. The fraction of sp³-hybridized carbons (Fsp3) is 0.417. The predicted molar refractivity (Wildman–Crippen MR) is 78.7 cm³/mol. The summed E-state index contributed by atoms with van der Waals surface area (Å²) in [7, 11) is -4.05. The van der Waals surface area contributed by atoms with Gasteiger partial charge in [-0.1, -0.05) is 15.9 Å². The number of benzene rings is 1. The maximum atomic E-state index is 13.7. The van der Waals surface area contributed by atoms with Gasteiger partial charge in [0.2, 0.25) is 15.9 Å². The highest BCUT2D eigenvalue weighted by Gasteiger charge is 2.22. The van der Waals surface area contributed by atoms with E-state index in [0.717, 1.165) is 12.1 Å². The van der Waals surface area contributed by atoms with Gasteiger partial charge >= 0.3 is 0 Å². The fourth-order valence-corrected chi connectivity index (χ4v) is 3.32. The number of rotatable bonds is 4. The van der Waals surface area contributed by atoms with Crippen LogP contribution in [0.2, 0.25) is 0 Å². The first kappa shape index (κ1) is 16.3. The summed E-state index contributed by atoms with van der Waals surface area (Å²) in [4.78, 5) is 13.0. The zero-order valence-electron chi connectivity index (χ0n) is 11.1. The van der Waals surface area contributed by atoms with Crippen LogP contribution in [0.3, 0.4) is 0 Å². The molecule has 21 heavy (non-hydrogen) atoms. The Balaban J connectivity index is 2.02. The third kappa shape index (κ3) is 4.22. The molecule has 1 aromatic rings. The van der Waals surface area contributed by atoms with Crippen molar-refractivity contribution in [2.75, 3.05) is 32.7 Å². The minimum Gasteiger partial charge on any atom is -0.339 e. The largest absolute Gasteiger partial charge is 0.339 e. The molecule has 9 heteroatoms. The maximum Gasteiger partial charge on any atom is 0.243 e. The Bertz CT molecular complexity index is 633. The quantitative estimate of drug-likeness (QED) is 0.788. The van der Waals surface area contributed by atoms with Gasteiger partial charge in [0.05, 0.1) is 6.54 Å². The van der Waals surface area contributed by atoms with Gasteiger partial charge in [-0.3, -0.25) is 4.79 Å². The van der Waals surface area contributed by atoms with E-state index in [4.69, 9.17) is 0 Å². The molecule has 0 spiro atoms. The number of nitrogens with zero attached hydrogens (tertiary/aromatic N) is 1. The molecular weight excluding hydrogens is 365 g/mol. The SMILES string of the molecule is O=C(CNS(=O)(=O)c1ccc(Br)cc1F)N1CCNCC1. The van der Waals surface area contributed by atoms with Gasteiger partial charge in [0, 0.05) is 30.7 Å². The molecular formula is C12H15BrFN3O3S. The molecule has 0 radical (unpaired) electrons. The van der Waals surface area contributed by atoms with Crippen LogP contribution < -0.4 is 10.0 Å². The number of hydrogen-bond donors (Lipinski definition) is 2. The molecule has 0 bridgehead atoms. The molecule has 1 aliphatic heterocycles. The van der Waals surface area contributed by atoms with E-state index in [1.807, 2.05) is 0 Å². The second-order valence-electron chi connectivity index (χ2n) is 4.53. The molecule has 0 aromatic heterocycles. The van der Waals surface area contributed by atoms with Crippen LogP contribution >= 0.6 is 15.9 Å². The van der Waals surface area contributed by atoms with Crippen molar-refractivity contribution in [2.45, 2.75) is 4.90 Å². The highest BCUT2D eigenvalue weighted by molar-refractivity contribution is 9.10. The normalized spacial score (nSPS) is 16.0. The van der Waals surface area contributed by atoms with Crippen molar-refractivity contribution in [2.24, 2.45) is 0 Å². The molecule has 0 unspecified atom stereocenters. The van der Waals surface area contributed by atoms with Crippen LogP contribution in [-0.2, 0) is 14.8 Å². The van der Waals surface area contributed by atoms with Gasteiger partial charge in [-0.2, -0.15) is 0 Å². The monoisotopic (exact) mass is 379 g/mol. The summed E-state index contributed by atoms with van der Waals surface area (Å²) in [5.41, 5.74) is 0. The Morgan fingerprint density at radius 3 is 2.67 bits per heavy atom. The lowest BCUT2D eigenvalue weighted by Gasteiger charge is -2.27. The lowest BCUT2D eigenvalue weighted by Crippen LogP contribution is -2.49. The third-order valence-corrected chi connectivity index (χ3v) is 4.99. The number of halogens is 2. The number of carbonyl (C=O) groups excluding carboxylic acids is 1. The first-order valence-electron chi connectivity index (χ1n) is 6.33. The van der Waals surface area contributed by atoms with E-state index in [-0.39, 0.29) is 12.5 Å². The number of sulfonamides is 1. The van der Waals surface area contributed by atoms with Gasteiger partial charge in [-0.25, -0.2) is 17.5 Å². The molecule has 0 atom stereocenters. The van der Waals surface area contributed by atoms with E-state index in [1.54, 1.807) is 4.90 Å². The Kier molecular flexibility index (Phi) is 5.31. The first-order chi connectivity index (χ1) is 9.90. The average Bonchev–Trinajstić information content (AvgIpc) is 2.45. The molecule has 6 nitrogen and oxygen atoms in total. The maximum absolute atomic E-state index is 13.7. The highest BCUT2D eigenvalue weighted by atomic mass is 79.9. The summed E-state index contributed by atoms with van der Waals surface area (Å²) < 4.78 is 40.3. The fourth-order valence-electron chi connectivity index (χ4n) is 1.95. The zero-order valence-corrected chi connectivity index (χ0v) is 13.5. The number of carbonyl (C=O) groups is 1. The molecule has 1 aromatic carbocycles. The second kappa shape index (κ2) is 6.82. The number of hydrogen-bond acceptors (Lipinski definition) is 4. The van der Waals surface area contributed by atoms with Gasteiger partial charge in [0.1, 0.15) is 10.7 Å². The predicted octanol–water partition coefficient (Wildman–Crippen LogP) is 0.298. The molecule has 2 N–H and O–H groups in total. The Hall–Kier alpha value is -1.03. The lowest BCUT2D eigenvalue weighted by atomic mass is 10.3. The van der Waals surface area contributed by atoms with Crippen molar-refractivity contribution in [3.8, 4) is 0 Å². The van der Waals surface area contributed by atoms with Crippen molar-refractivity contribution in [3.63, 3.8) is 0 Å². The van der Waals surface area contributed by atoms with Gasteiger partial charge in [-0.15, -0.1) is 0 Å². The standard InChI is InChI=1S/C12H15BrFN3O3S/c13-9-1-2-11(10(14)7-9)21(19,20)16-8-12(18)17-5-3-15-4-6-17/h1-2,7,15-16H,3-6,8H2. The van der Waals surface area contributed by atoms with Crippen molar-refractivity contribution in [3.05, 3.63) is 28.5 Å². The number of piperazine rings is 1. The molecule has 1 aliphatic rings. The zero-order chi connectivity index (χ0) is 15.5. The molecule has 1 fully saturated rings. The molecule has 0 aliphatic carbocycles. The molecule has 0 saturated carbocycles. The summed E-state index contributed by atoms with van der Waals surface area (Å²) >= 11 is 3.06. The molecule has 116 valence electrons. The number of nitrogens with one attached hydrogen (secondary N) is 2. The molecule has 1 heterocycles. The average molecular weight is 380 g/mol. The summed E-state index contributed by atoms with van der Waals surface area (Å²) in [6.45, 7) is 2.05. The highest BCUT2D eigenvalue weighted by Crippen LogP contribution is 2.19. The van der Waals surface area contributed by atoms with Crippen LogP contribution in [0, 0.1) is 5.82 Å². The molecule has 1 amide bonds. The summed E-state index contributed by atoms with van der Waals surface area (Å²) in [6, 6.07) is 3.64. The van der Waals surface area contributed by atoms with E-state index < -0.39 is 20.7 Å². The number of amides is 1. The van der Waals surface area contributed by atoms with Crippen molar-refractivity contribution >= 4 is 31.9 Å². The van der Waals surface area contributed by atoms with Crippen LogP contribution in [-0.4, -0.2) is 51.9 Å². The van der Waals surface area contributed by atoms with Crippen LogP contribution in [0.25, 0.3) is 0 Å². The Morgan fingerprint density at radius 2 is 2.05 bits per heavy atom.